The fourth-order valence-electron chi connectivity index (χ4n) is 1.52. The molecule has 72 valence electrons. The predicted octanol–water partition coefficient (Wildman–Crippen LogP) is 4.42. The number of hydrogen-bond donors (Lipinski definition) is 0. The zero-order valence-corrected chi connectivity index (χ0v) is 9.36. The molecule has 0 amide bonds. The van der Waals surface area contributed by atoms with E-state index in [-0.39, 0.29) is 5.41 Å². The minimum absolute atomic E-state index is 0.283. The van der Waals surface area contributed by atoms with Gasteiger partial charge in [0.2, 0.25) is 0 Å². The SMILES string of the molecule is CCC(C)(CC)c1cccc(Cl)c1. The highest BCUT2D eigenvalue weighted by atomic mass is 35.5. The zero-order chi connectivity index (χ0) is 9.90. The minimum atomic E-state index is 0.283. The van der Waals surface area contributed by atoms with Crippen LogP contribution < -0.4 is 0 Å². The summed E-state index contributed by atoms with van der Waals surface area (Å²) in [6.07, 6.45) is 2.31. The Bertz CT molecular complexity index is 274. The van der Waals surface area contributed by atoms with Crippen LogP contribution >= 0.6 is 11.6 Å². The maximum Gasteiger partial charge on any atom is 0.0408 e. The monoisotopic (exact) mass is 196 g/mol. The van der Waals surface area contributed by atoms with Crippen LogP contribution in [0.1, 0.15) is 39.2 Å². The molecule has 0 aliphatic carbocycles. The van der Waals surface area contributed by atoms with Crippen molar-refractivity contribution in [1.29, 1.82) is 0 Å². The largest absolute Gasteiger partial charge is 0.0843 e. The van der Waals surface area contributed by atoms with Crippen molar-refractivity contribution in [2.45, 2.75) is 39.0 Å². The zero-order valence-electron chi connectivity index (χ0n) is 8.60. The lowest BCUT2D eigenvalue weighted by Gasteiger charge is -2.27. The molecule has 0 fully saturated rings. The van der Waals surface area contributed by atoms with Crippen molar-refractivity contribution in [1.82, 2.24) is 0 Å². The fraction of sp³-hybridized carbons (Fsp3) is 0.500. The first-order valence-electron chi connectivity index (χ1n) is 4.88. The summed E-state index contributed by atoms with van der Waals surface area (Å²) >= 11 is 5.96. The molecule has 13 heavy (non-hydrogen) atoms. The van der Waals surface area contributed by atoms with Gasteiger partial charge in [-0.1, -0.05) is 44.5 Å². The lowest BCUT2D eigenvalue weighted by atomic mass is 9.78. The molecule has 0 heterocycles. The molecule has 0 unspecified atom stereocenters. The van der Waals surface area contributed by atoms with E-state index in [1.165, 1.54) is 5.56 Å². The maximum atomic E-state index is 5.96. The van der Waals surface area contributed by atoms with Crippen LogP contribution in [0.2, 0.25) is 5.02 Å². The molecule has 1 rings (SSSR count). The molecule has 0 bridgehead atoms. The molecule has 0 nitrogen and oxygen atoms in total. The Hall–Kier alpha value is -0.490. The van der Waals surface area contributed by atoms with Gasteiger partial charge in [-0.3, -0.25) is 0 Å². The summed E-state index contributed by atoms with van der Waals surface area (Å²) in [4.78, 5) is 0. The van der Waals surface area contributed by atoms with Gasteiger partial charge in [0, 0.05) is 5.02 Å². The van der Waals surface area contributed by atoms with Crippen molar-refractivity contribution < 1.29 is 0 Å². The van der Waals surface area contributed by atoms with E-state index in [9.17, 15) is 0 Å². The Kier molecular flexibility index (Phi) is 3.38. The summed E-state index contributed by atoms with van der Waals surface area (Å²) in [7, 11) is 0. The number of benzene rings is 1. The Morgan fingerprint density at radius 1 is 1.23 bits per heavy atom. The molecule has 0 radical (unpaired) electrons. The molecule has 0 aromatic heterocycles. The highest BCUT2D eigenvalue weighted by Crippen LogP contribution is 2.31. The quantitative estimate of drug-likeness (QED) is 0.672. The van der Waals surface area contributed by atoms with E-state index in [0.29, 0.717) is 0 Å². The summed E-state index contributed by atoms with van der Waals surface area (Å²) in [5.41, 5.74) is 1.63. The van der Waals surface area contributed by atoms with Gasteiger partial charge in [0.1, 0.15) is 0 Å². The summed E-state index contributed by atoms with van der Waals surface area (Å²) in [5.74, 6) is 0. The normalized spacial score (nSPS) is 11.7. The molecule has 0 aliphatic heterocycles. The Balaban J connectivity index is 3.05. The van der Waals surface area contributed by atoms with E-state index in [0.717, 1.165) is 17.9 Å². The van der Waals surface area contributed by atoms with Crippen molar-refractivity contribution >= 4 is 11.6 Å². The first-order valence-corrected chi connectivity index (χ1v) is 5.26. The van der Waals surface area contributed by atoms with Crippen molar-refractivity contribution in [3.8, 4) is 0 Å². The summed E-state index contributed by atoms with van der Waals surface area (Å²) in [6, 6.07) is 8.20. The van der Waals surface area contributed by atoms with E-state index >= 15 is 0 Å². The van der Waals surface area contributed by atoms with Crippen LogP contribution in [0.25, 0.3) is 0 Å². The molecule has 1 heteroatoms. The van der Waals surface area contributed by atoms with Gasteiger partial charge in [-0.25, -0.2) is 0 Å². The number of rotatable bonds is 3. The van der Waals surface area contributed by atoms with Gasteiger partial charge in [0.05, 0.1) is 0 Å². The number of halogens is 1. The van der Waals surface area contributed by atoms with E-state index in [1.54, 1.807) is 0 Å². The fourth-order valence-corrected chi connectivity index (χ4v) is 1.71. The van der Waals surface area contributed by atoms with Crippen LogP contribution in [0, 0.1) is 0 Å². The molecule has 0 N–H and O–H groups in total. The Morgan fingerprint density at radius 2 is 1.85 bits per heavy atom. The van der Waals surface area contributed by atoms with Gasteiger partial charge >= 0.3 is 0 Å². The van der Waals surface area contributed by atoms with Gasteiger partial charge in [0.25, 0.3) is 0 Å². The second-order valence-corrected chi connectivity index (χ2v) is 4.21. The van der Waals surface area contributed by atoms with E-state index in [2.05, 4.69) is 32.9 Å². The van der Waals surface area contributed by atoms with Crippen molar-refractivity contribution in [3.63, 3.8) is 0 Å². The van der Waals surface area contributed by atoms with Crippen molar-refractivity contribution in [2.75, 3.05) is 0 Å². The topological polar surface area (TPSA) is 0 Å². The maximum absolute atomic E-state index is 5.96. The van der Waals surface area contributed by atoms with Gasteiger partial charge in [-0.15, -0.1) is 0 Å². The first-order chi connectivity index (χ1) is 6.12. The molecular formula is C12H17Cl. The first kappa shape index (κ1) is 10.6. The second-order valence-electron chi connectivity index (χ2n) is 3.78. The third-order valence-electron chi connectivity index (χ3n) is 3.08. The third kappa shape index (κ3) is 2.25. The Labute approximate surface area is 85.9 Å². The molecule has 0 saturated carbocycles. The second kappa shape index (κ2) is 4.15. The van der Waals surface area contributed by atoms with Crippen molar-refractivity contribution in [2.24, 2.45) is 0 Å². The van der Waals surface area contributed by atoms with Crippen molar-refractivity contribution in [3.05, 3.63) is 34.9 Å². The average Bonchev–Trinajstić information content (AvgIpc) is 2.17. The van der Waals surface area contributed by atoms with Gasteiger partial charge in [0.15, 0.2) is 0 Å². The molecule has 1 aromatic rings. The van der Waals surface area contributed by atoms with Crippen LogP contribution in [0.4, 0.5) is 0 Å². The summed E-state index contributed by atoms with van der Waals surface area (Å²) < 4.78 is 0. The van der Waals surface area contributed by atoms with E-state index in [4.69, 9.17) is 11.6 Å². The summed E-state index contributed by atoms with van der Waals surface area (Å²) in [5, 5.41) is 0.839. The molecule has 0 aliphatic rings. The standard InChI is InChI=1S/C12H17Cl/c1-4-12(3,5-2)10-7-6-8-11(13)9-10/h6-9H,4-5H2,1-3H3. The highest BCUT2D eigenvalue weighted by Gasteiger charge is 2.21. The molecule has 0 atom stereocenters. The molecular weight excluding hydrogens is 180 g/mol. The van der Waals surface area contributed by atoms with Gasteiger partial charge < -0.3 is 0 Å². The highest BCUT2D eigenvalue weighted by molar-refractivity contribution is 6.30. The minimum Gasteiger partial charge on any atom is -0.0843 e. The van der Waals surface area contributed by atoms with Gasteiger partial charge in [-0.05, 0) is 36.0 Å². The van der Waals surface area contributed by atoms with Crippen LogP contribution in [-0.2, 0) is 5.41 Å². The van der Waals surface area contributed by atoms with Crippen LogP contribution in [-0.4, -0.2) is 0 Å². The van der Waals surface area contributed by atoms with Gasteiger partial charge in [-0.2, -0.15) is 0 Å². The van der Waals surface area contributed by atoms with E-state index in [1.807, 2.05) is 12.1 Å². The van der Waals surface area contributed by atoms with E-state index < -0.39 is 0 Å². The lowest BCUT2D eigenvalue weighted by Crippen LogP contribution is -2.19. The summed E-state index contributed by atoms with van der Waals surface area (Å²) in [6.45, 7) is 6.74. The molecule has 1 aromatic carbocycles. The predicted molar refractivity (Wildman–Crippen MR) is 59.4 cm³/mol. The lowest BCUT2D eigenvalue weighted by molar-refractivity contribution is 0.439. The van der Waals surface area contributed by atoms with Crippen LogP contribution in [0.3, 0.4) is 0 Å². The third-order valence-corrected chi connectivity index (χ3v) is 3.32. The average molecular weight is 197 g/mol. The Morgan fingerprint density at radius 3 is 2.31 bits per heavy atom. The van der Waals surface area contributed by atoms with Crippen LogP contribution in [0.15, 0.2) is 24.3 Å². The molecule has 0 spiro atoms. The smallest absolute Gasteiger partial charge is 0.0408 e. The number of hydrogen-bond acceptors (Lipinski definition) is 0. The molecule has 0 saturated heterocycles. The van der Waals surface area contributed by atoms with Crippen LogP contribution in [0.5, 0.6) is 0 Å².